The van der Waals surface area contributed by atoms with Gasteiger partial charge in [-0.1, -0.05) is 36.4 Å². The molecule has 0 aliphatic rings. The Labute approximate surface area is 168 Å². The smallest absolute Gasteiger partial charge is 0.269 e. The van der Waals surface area contributed by atoms with Gasteiger partial charge >= 0.3 is 0 Å². The van der Waals surface area contributed by atoms with E-state index in [1.54, 1.807) is 24.5 Å². The van der Waals surface area contributed by atoms with Crippen molar-refractivity contribution >= 4 is 39.2 Å². The maximum atomic E-state index is 12.4. The maximum absolute atomic E-state index is 12.4. The molecule has 0 radical (unpaired) electrons. The average Bonchev–Trinajstić information content (AvgIpc) is 3.15. The van der Waals surface area contributed by atoms with E-state index in [0.717, 1.165) is 33.0 Å². The van der Waals surface area contributed by atoms with Crippen LogP contribution in [-0.2, 0) is 11.2 Å². The number of fused-ring (bicyclic) bond motifs is 3. The van der Waals surface area contributed by atoms with Crippen LogP contribution in [0.4, 0.5) is 5.69 Å². The van der Waals surface area contributed by atoms with E-state index in [1.165, 1.54) is 0 Å². The first-order valence-electron chi connectivity index (χ1n) is 9.27. The molecule has 6 heteroatoms. The normalized spacial score (nSPS) is 10.8. The molecule has 4 aromatic rings. The molecular formula is C23H21N3O3. The molecule has 0 saturated carbocycles. The number of anilines is 1. The topological polar surface area (TPSA) is 74.6 Å². The minimum atomic E-state index is -0.371. The van der Waals surface area contributed by atoms with Crippen molar-refractivity contribution in [2.45, 2.75) is 6.42 Å². The summed E-state index contributed by atoms with van der Waals surface area (Å²) < 4.78 is 5.62. The van der Waals surface area contributed by atoms with Gasteiger partial charge in [-0.3, -0.25) is 20.4 Å². The highest BCUT2D eigenvalue weighted by Crippen LogP contribution is 2.30. The average molecular weight is 387 g/mol. The number of rotatable bonds is 4. The van der Waals surface area contributed by atoms with Gasteiger partial charge in [-0.25, -0.2) is 0 Å². The Bertz CT molecular complexity index is 1210. The number of carbonyl (C=O) groups excluding carboxylic acids is 2. The van der Waals surface area contributed by atoms with E-state index in [1.807, 2.05) is 61.5 Å². The highest BCUT2D eigenvalue weighted by atomic mass is 16.3. The summed E-state index contributed by atoms with van der Waals surface area (Å²) in [6.07, 6.45) is 1.69. The zero-order valence-corrected chi connectivity index (χ0v) is 16.2. The van der Waals surface area contributed by atoms with Crippen LogP contribution in [-0.4, -0.2) is 25.9 Å². The van der Waals surface area contributed by atoms with Crippen LogP contribution in [0.1, 0.15) is 15.9 Å². The molecule has 0 atom stereocenters. The van der Waals surface area contributed by atoms with Gasteiger partial charge in [0.2, 0.25) is 5.91 Å². The molecule has 1 heterocycles. The van der Waals surface area contributed by atoms with Gasteiger partial charge in [0.15, 0.2) is 0 Å². The quantitative estimate of drug-likeness (QED) is 0.524. The number of amides is 2. The fraction of sp³-hybridized carbons (Fsp3) is 0.130. The van der Waals surface area contributed by atoms with Gasteiger partial charge in [0, 0.05) is 36.3 Å². The second-order valence-electron chi connectivity index (χ2n) is 7.04. The number of carbonyl (C=O) groups is 2. The highest BCUT2D eigenvalue weighted by Gasteiger charge is 2.14. The molecular weight excluding hydrogens is 366 g/mol. The van der Waals surface area contributed by atoms with E-state index in [0.29, 0.717) is 5.56 Å². The van der Waals surface area contributed by atoms with E-state index >= 15 is 0 Å². The molecule has 29 heavy (non-hydrogen) atoms. The van der Waals surface area contributed by atoms with Crippen LogP contribution >= 0.6 is 0 Å². The fourth-order valence-electron chi connectivity index (χ4n) is 3.35. The molecule has 4 rings (SSSR count). The molecule has 0 spiro atoms. The molecule has 0 aliphatic heterocycles. The number of nitrogens with one attached hydrogen (secondary N) is 2. The predicted molar refractivity (Wildman–Crippen MR) is 114 cm³/mol. The fourth-order valence-corrected chi connectivity index (χ4v) is 3.35. The van der Waals surface area contributed by atoms with Crippen molar-refractivity contribution in [1.82, 2.24) is 10.9 Å². The first kappa shape index (κ1) is 18.6. The van der Waals surface area contributed by atoms with Gasteiger partial charge in [0.05, 0.1) is 12.7 Å². The van der Waals surface area contributed by atoms with Crippen molar-refractivity contribution in [1.29, 1.82) is 0 Å². The molecule has 2 amide bonds. The SMILES string of the molecule is CN(C)c1cccc(C(=O)NNC(=O)Cc2coc3ccc4ccccc4c23)c1. The van der Waals surface area contributed by atoms with Crippen molar-refractivity contribution < 1.29 is 14.0 Å². The zero-order chi connectivity index (χ0) is 20.4. The lowest BCUT2D eigenvalue weighted by molar-refractivity contribution is -0.121. The number of hydrogen-bond donors (Lipinski definition) is 2. The first-order chi connectivity index (χ1) is 14.0. The molecule has 0 aliphatic carbocycles. The number of hydrogen-bond acceptors (Lipinski definition) is 4. The van der Waals surface area contributed by atoms with Crippen molar-refractivity contribution in [3.8, 4) is 0 Å². The van der Waals surface area contributed by atoms with Crippen LogP contribution in [0.25, 0.3) is 21.7 Å². The monoisotopic (exact) mass is 387 g/mol. The standard InChI is InChI=1S/C23H21N3O3/c1-26(2)18-8-5-7-16(12-18)23(28)25-24-21(27)13-17-14-29-20-11-10-15-6-3-4-9-19(15)22(17)20/h3-12,14H,13H2,1-2H3,(H,24,27)(H,25,28). The number of hydrazine groups is 1. The van der Waals surface area contributed by atoms with Gasteiger partial charge in [0.25, 0.3) is 5.91 Å². The lowest BCUT2D eigenvalue weighted by Crippen LogP contribution is -2.42. The molecule has 3 aromatic carbocycles. The van der Waals surface area contributed by atoms with Crippen molar-refractivity contribution in [3.63, 3.8) is 0 Å². The van der Waals surface area contributed by atoms with Crippen LogP contribution in [0.5, 0.6) is 0 Å². The largest absolute Gasteiger partial charge is 0.464 e. The van der Waals surface area contributed by atoms with E-state index < -0.39 is 0 Å². The third-order valence-corrected chi connectivity index (χ3v) is 4.83. The van der Waals surface area contributed by atoms with Crippen LogP contribution in [0, 0.1) is 0 Å². The molecule has 146 valence electrons. The summed E-state index contributed by atoms with van der Waals surface area (Å²) >= 11 is 0. The molecule has 2 N–H and O–H groups in total. The summed E-state index contributed by atoms with van der Waals surface area (Å²) in [7, 11) is 3.80. The van der Waals surface area contributed by atoms with Crippen molar-refractivity contribution in [2.24, 2.45) is 0 Å². The van der Waals surface area contributed by atoms with Crippen LogP contribution in [0.15, 0.2) is 71.3 Å². The molecule has 6 nitrogen and oxygen atoms in total. The van der Waals surface area contributed by atoms with Crippen LogP contribution in [0.3, 0.4) is 0 Å². The minimum absolute atomic E-state index is 0.0963. The summed E-state index contributed by atoms with van der Waals surface area (Å²) in [6.45, 7) is 0. The van der Waals surface area contributed by atoms with Gasteiger partial charge in [-0.05, 0) is 35.0 Å². The predicted octanol–water partition coefficient (Wildman–Crippen LogP) is 3.66. The molecule has 0 fully saturated rings. The van der Waals surface area contributed by atoms with Gasteiger partial charge < -0.3 is 9.32 Å². The lowest BCUT2D eigenvalue weighted by Gasteiger charge is -2.13. The highest BCUT2D eigenvalue weighted by molar-refractivity contribution is 6.08. The van der Waals surface area contributed by atoms with Gasteiger partial charge in [-0.15, -0.1) is 0 Å². The molecule has 0 saturated heterocycles. The Balaban J connectivity index is 1.47. The minimum Gasteiger partial charge on any atom is -0.464 e. The second kappa shape index (κ2) is 7.67. The molecule has 1 aromatic heterocycles. The van der Waals surface area contributed by atoms with Gasteiger partial charge in [0.1, 0.15) is 5.58 Å². The number of benzene rings is 3. The lowest BCUT2D eigenvalue weighted by atomic mass is 10.0. The van der Waals surface area contributed by atoms with Crippen LogP contribution in [0.2, 0.25) is 0 Å². The Hall–Kier alpha value is -3.80. The first-order valence-corrected chi connectivity index (χ1v) is 9.27. The zero-order valence-electron chi connectivity index (χ0n) is 16.2. The summed E-state index contributed by atoms with van der Waals surface area (Å²) in [6, 6.07) is 19.0. The second-order valence-corrected chi connectivity index (χ2v) is 7.04. The maximum Gasteiger partial charge on any atom is 0.269 e. The number of furan rings is 1. The number of nitrogens with zero attached hydrogens (tertiary/aromatic N) is 1. The Morgan fingerprint density at radius 3 is 2.62 bits per heavy atom. The van der Waals surface area contributed by atoms with E-state index in [9.17, 15) is 9.59 Å². The van der Waals surface area contributed by atoms with E-state index in [-0.39, 0.29) is 18.2 Å². The third kappa shape index (κ3) is 3.78. The third-order valence-electron chi connectivity index (χ3n) is 4.83. The molecule has 0 unspecified atom stereocenters. The Kier molecular flexibility index (Phi) is 4.91. The summed E-state index contributed by atoms with van der Waals surface area (Å²) in [5, 5.41) is 3.03. The Morgan fingerprint density at radius 2 is 1.79 bits per heavy atom. The Morgan fingerprint density at radius 1 is 0.966 bits per heavy atom. The summed E-state index contributed by atoms with van der Waals surface area (Å²) in [5.74, 6) is -0.692. The van der Waals surface area contributed by atoms with Gasteiger partial charge in [-0.2, -0.15) is 0 Å². The van der Waals surface area contributed by atoms with E-state index in [4.69, 9.17) is 4.42 Å². The van der Waals surface area contributed by atoms with Crippen LogP contribution < -0.4 is 15.8 Å². The summed E-state index contributed by atoms with van der Waals surface area (Å²) in [5.41, 5.74) is 7.84. The molecule has 0 bridgehead atoms. The van der Waals surface area contributed by atoms with Crippen molar-refractivity contribution in [3.05, 3.63) is 78.1 Å². The summed E-state index contributed by atoms with van der Waals surface area (Å²) in [4.78, 5) is 26.7. The van der Waals surface area contributed by atoms with E-state index in [2.05, 4.69) is 10.9 Å². The van der Waals surface area contributed by atoms with Crippen molar-refractivity contribution in [2.75, 3.05) is 19.0 Å².